The molecule has 1 amide bonds. The Morgan fingerprint density at radius 2 is 1.96 bits per heavy atom. The van der Waals surface area contributed by atoms with Crippen molar-refractivity contribution in [1.82, 2.24) is 19.4 Å². The Hall–Kier alpha value is -2.62. The topological polar surface area (TPSA) is 68.9 Å². The zero-order chi connectivity index (χ0) is 20.6. The summed E-state index contributed by atoms with van der Waals surface area (Å²) in [6, 6.07) is 6.93. The number of hydrogen-bond donors (Lipinski definition) is 1. The summed E-state index contributed by atoms with van der Waals surface area (Å²) in [5.41, 5.74) is 2.58. The van der Waals surface area contributed by atoms with Crippen molar-refractivity contribution in [2.45, 2.75) is 26.6 Å². The number of carbonyl (C=O) groups excluding carboxylic acids is 1. The fourth-order valence-corrected chi connectivity index (χ4v) is 3.44. The third-order valence-corrected chi connectivity index (χ3v) is 4.67. The Morgan fingerprint density at radius 3 is 2.61 bits per heavy atom. The molecule has 2 aromatic heterocycles. The molecule has 6 nitrogen and oxygen atoms in total. The van der Waals surface area contributed by atoms with Crippen LogP contribution >= 0.6 is 15.9 Å². The second kappa shape index (κ2) is 7.42. The quantitative estimate of drug-likeness (QED) is 0.612. The minimum absolute atomic E-state index is 0.453. The number of halogens is 4. The molecule has 0 spiro atoms. The van der Waals surface area contributed by atoms with E-state index in [1.807, 2.05) is 19.9 Å². The number of fused-ring (bicyclic) bond motifs is 1. The van der Waals surface area contributed by atoms with Gasteiger partial charge in [-0.15, -0.1) is 0 Å². The lowest BCUT2D eigenvalue weighted by Gasteiger charge is -2.09. The molecule has 28 heavy (non-hydrogen) atoms. The van der Waals surface area contributed by atoms with Crippen molar-refractivity contribution in [3.63, 3.8) is 0 Å². The molecule has 1 N–H and O–H groups in total. The first-order valence-electron chi connectivity index (χ1n) is 8.25. The van der Waals surface area contributed by atoms with Crippen LogP contribution in [0.1, 0.15) is 11.1 Å². The molecule has 148 valence electrons. The Morgan fingerprint density at radius 1 is 1.25 bits per heavy atom. The number of para-hydroxylation sites is 1. The first-order chi connectivity index (χ1) is 13.1. The number of hydrogen-bond acceptors (Lipinski definition) is 3. The lowest BCUT2D eigenvalue weighted by molar-refractivity contribution is -0.138. The lowest BCUT2D eigenvalue weighted by Crippen LogP contribution is -2.38. The number of nitrogens with zero attached hydrogens (tertiary/aromatic N) is 3. The van der Waals surface area contributed by atoms with Crippen LogP contribution in [0.2, 0.25) is 0 Å². The predicted octanol–water partition coefficient (Wildman–Crippen LogP) is 3.25. The number of aryl methyl sites for hydroxylation is 2. The van der Waals surface area contributed by atoms with Gasteiger partial charge in [-0.1, -0.05) is 12.1 Å². The number of alkyl halides is 3. The Bertz CT molecular complexity index is 1120. The van der Waals surface area contributed by atoms with Crippen molar-refractivity contribution in [3.8, 4) is 5.69 Å². The summed E-state index contributed by atoms with van der Waals surface area (Å²) in [5.74, 6) is -0.898. The van der Waals surface area contributed by atoms with Crippen LogP contribution in [-0.4, -0.2) is 32.7 Å². The number of amides is 1. The van der Waals surface area contributed by atoms with Crippen molar-refractivity contribution < 1.29 is 18.0 Å². The number of pyridine rings is 1. The van der Waals surface area contributed by atoms with E-state index in [-0.39, 0.29) is 0 Å². The highest BCUT2D eigenvalue weighted by molar-refractivity contribution is 9.10. The molecule has 0 aliphatic heterocycles. The van der Waals surface area contributed by atoms with Crippen LogP contribution < -0.4 is 11.0 Å². The third kappa shape index (κ3) is 3.96. The van der Waals surface area contributed by atoms with E-state index in [2.05, 4.69) is 20.9 Å². The van der Waals surface area contributed by atoms with E-state index in [0.29, 0.717) is 21.3 Å². The van der Waals surface area contributed by atoms with Gasteiger partial charge in [0.25, 0.3) is 0 Å². The summed E-state index contributed by atoms with van der Waals surface area (Å²) >= 11 is 3.27. The third-order valence-electron chi connectivity index (χ3n) is 4.23. The van der Waals surface area contributed by atoms with Gasteiger partial charge in [0, 0.05) is 0 Å². The number of rotatable bonds is 4. The molecule has 2 heterocycles. The number of nitrogens with one attached hydrogen (secondary N) is 1. The van der Waals surface area contributed by atoms with Gasteiger partial charge in [-0.25, -0.2) is 9.78 Å². The van der Waals surface area contributed by atoms with Crippen LogP contribution in [0.4, 0.5) is 13.2 Å². The molecule has 0 unspecified atom stereocenters. The van der Waals surface area contributed by atoms with Gasteiger partial charge in [0.15, 0.2) is 0 Å². The van der Waals surface area contributed by atoms with Gasteiger partial charge >= 0.3 is 11.9 Å². The molecule has 0 radical (unpaired) electrons. The van der Waals surface area contributed by atoms with E-state index in [4.69, 9.17) is 0 Å². The van der Waals surface area contributed by atoms with Gasteiger partial charge in [-0.3, -0.25) is 13.9 Å². The van der Waals surface area contributed by atoms with Gasteiger partial charge in [0.2, 0.25) is 5.91 Å². The number of carbonyl (C=O) groups is 1. The SMILES string of the molecule is Cc1cc(Br)ncc1-n1c(=O)n(CC(=O)NCC(F)(F)F)c2cccc(C)c21. The largest absolute Gasteiger partial charge is 0.405 e. The molecule has 0 aliphatic carbocycles. The summed E-state index contributed by atoms with van der Waals surface area (Å²) in [4.78, 5) is 29.3. The second-order valence-electron chi connectivity index (χ2n) is 6.33. The predicted molar refractivity (Wildman–Crippen MR) is 102 cm³/mol. The average molecular weight is 457 g/mol. The van der Waals surface area contributed by atoms with Gasteiger partial charge in [0.1, 0.15) is 17.7 Å². The van der Waals surface area contributed by atoms with E-state index in [1.54, 1.807) is 23.5 Å². The van der Waals surface area contributed by atoms with Crippen LogP contribution in [0.25, 0.3) is 16.7 Å². The molecule has 3 aromatic rings. The van der Waals surface area contributed by atoms with E-state index in [1.165, 1.54) is 10.8 Å². The molecule has 0 bridgehead atoms. The lowest BCUT2D eigenvalue weighted by atomic mass is 10.2. The highest BCUT2D eigenvalue weighted by Gasteiger charge is 2.28. The minimum atomic E-state index is -4.52. The first-order valence-corrected chi connectivity index (χ1v) is 9.04. The molecule has 1 aromatic carbocycles. The number of imidazole rings is 1. The monoisotopic (exact) mass is 456 g/mol. The van der Waals surface area contributed by atoms with E-state index in [0.717, 1.165) is 15.7 Å². The van der Waals surface area contributed by atoms with Gasteiger partial charge < -0.3 is 5.32 Å². The number of benzene rings is 1. The smallest absolute Gasteiger partial charge is 0.345 e. The molecule has 0 fully saturated rings. The van der Waals surface area contributed by atoms with E-state index in [9.17, 15) is 22.8 Å². The summed E-state index contributed by atoms with van der Waals surface area (Å²) in [6.45, 7) is 1.65. The fraction of sp³-hybridized carbons (Fsp3) is 0.278. The normalized spacial score (nSPS) is 11.8. The standard InChI is InChI=1S/C18H16BrF3N4O2/c1-10-4-3-5-12-16(10)26(13-7-23-14(19)6-11(13)2)17(28)25(12)8-15(27)24-9-18(20,21)22/h3-7H,8-9H2,1-2H3,(H,24,27). The first kappa shape index (κ1) is 20.1. The summed E-state index contributed by atoms with van der Waals surface area (Å²) in [5, 5.41) is 1.79. The van der Waals surface area contributed by atoms with Crippen molar-refractivity contribution in [2.24, 2.45) is 0 Å². The fourth-order valence-electron chi connectivity index (χ4n) is 2.99. The summed E-state index contributed by atoms with van der Waals surface area (Å²) < 4.78 is 40.2. The number of aromatic nitrogens is 3. The van der Waals surface area contributed by atoms with Gasteiger partial charge in [-0.2, -0.15) is 13.2 Å². The highest BCUT2D eigenvalue weighted by atomic mass is 79.9. The minimum Gasteiger partial charge on any atom is -0.345 e. The van der Waals surface area contributed by atoms with Gasteiger partial charge in [0.05, 0.1) is 22.9 Å². The molecule has 3 rings (SSSR count). The Kier molecular flexibility index (Phi) is 5.33. The Balaban J connectivity index is 2.13. The van der Waals surface area contributed by atoms with Crippen molar-refractivity contribution >= 4 is 32.9 Å². The average Bonchev–Trinajstić information content (AvgIpc) is 2.86. The molecule has 10 heteroatoms. The maximum absolute atomic E-state index is 13.1. The van der Waals surface area contributed by atoms with Crippen LogP contribution in [0, 0.1) is 13.8 Å². The molecular weight excluding hydrogens is 441 g/mol. The zero-order valence-electron chi connectivity index (χ0n) is 15.0. The zero-order valence-corrected chi connectivity index (χ0v) is 16.6. The second-order valence-corrected chi connectivity index (χ2v) is 7.14. The van der Waals surface area contributed by atoms with Crippen molar-refractivity contribution in [2.75, 3.05) is 6.54 Å². The maximum Gasteiger partial charge on any atom is 0.405 e. The van der Waals surface area contributed by atoms with Crippen molar-refractivity contribution in [3.05, 3.63) is 56.7 Å². The van der Waals surface area contributed by atoms with Crippen LogP contribution in [0.5, 0.6) is 0 Å². The van der Waals surface area contributed by atoms with Crippen molar-refractivity contribution in [1.29, 1.82) is 0 Å². The summed E-state index contributed by atoms with van der Waals surface area (Å²) in [6.07, 6.45) is -2.99. The maximum atomic E-state index is 13.1. The molecule has 0 atom stereocenters. The molecular formula is C18H16BrF3N4O2. The molecule has 0 saturated carbocycles. The van der Waals surface area contributed by atoms with E-state index >= 15 is 0 Å². The van der Waals surface area contributed by atoms with Gasteiger partial charge in [-0.05, 0) is 53.0 Å². The van der Waals surface area contributed by atoms with Crippen LogP contribution in [0.3, 0.4) is 0 Å². The summed E-state index contributed by atoms with van der Waals surface area (Å²) in [7, 11) is 0. The van der Waals surface area contributed by atoms with Crippen LogP contribution in [-0.2, 0) is 11.3 Å². The molecule has 0 saturated heterocycles. The van der Waals surface area contributed by atoms with Crippen LogP contribution in [0.15, 0.2) is 39.9 Å². The highest BCUT2D eigenvalue weighted by Crippen LogP contribution is 2.24. The van der Waals surface area contributed by atoms with E-state index < -0.39 is 30.9 Å². The molecule has 0 aliphatic rings. The Labute approximate surface area is 166 Å².